The monoisotopic (exact) mass is 953 g/mol. The van der Waals surface area contributed by atoms with E-state index in [4.69, 9.17) is 18.9 Å². The summed E-state index contributed by atoms with van der Waals surface area (Å²) in [5.41, 5.74) is -3.13. The number of alkyl halides is 3. The van der Waals surface area contributed by atoms with Gasteiger partial charge in [-0.15, -0.1) is 0 Å². The smallest absolute Gasteiger partial charge is 0.417 e. The topological polar surface area (TPSA) is 123 Å². The highest BCUT2D eigenvalue weighted by Crippen LogP contribution is 2.48. The van der Waals surface area contributed by atoms with Crippen LogP contribution in [0.3, 0.4) is 0 Å². The molecule has 3 aromatic carbocycles. The van der Waals surface area contributed by atoms with Crippen LogP contribution in [0.25, 0.3) is 16.9 Å². The SMILES string of the molecule is COc1ccc(CN(Cc2ccc(OC)cc2)c2cc(-c3nc4c(c(NCc5cc6ncccn6c5)c3F)C(=O)N3C[C@H]5CC[C@@H]([C@H]3[C@H](C)O4)N5C(=O)OC(C)(C)C)c(C(F)(F)F)c(C)c2F)cc1. The summed E-state index contributed by atoms with van der Waals surface area (Å²) in [4.78, 5) is 42.4. The molecule has 6 aromatic rings. The van der Waals surface area contributed by atoms with Gasteiger partial charge in [-0.3, -0.25) is 9.69 Å². The summed E-state index contributed by atoms with van der Waals surface area (Å²) in [6, 6.07) is 16.6. The van der Waals surface area contributed by atoms with Gasteiger partial charge in [-0.2, -0.15) is 13.2 Å². The molecule has 3 aliphatic heterocycles. The molecule has 18 heteroatoms. The second-order valence-electron chi connectivity index (χ2n) is 18.7. The number of hydrogen-bond acceptors (Lipinski definition) is 10. The van der Waals surface area contributed by atoms with E-state index in [2.05, 4.69) is 15.3 Å². The van der Waals surface area contributed by atoms with Crippen LogP contribution in [0.1, 0.15) is 78.7 Å². The highest BCUT2D eigenvalue weighted by molar-refractivity contribution is 6.03. The van der Waals surface area contributed by atoms with Crippen molar-refractivity contribution in [3.63, 3.8) is 0 Å². The maximum absolute atomic E-state index is 18.0. The van der Waals surface area contributed by atoms with E-state index in [1.807, 2.05) is 0 Å². The number of hydrogen-bond donors (Lipinski definition) is 1. The van der Waals surface area contributed by atoms with Gasteiger partial charge in [0.05, 0.1) is 49.3 Å². The van der Waals surface area contributed by atoms with Gasteiger partial charge in [0.15, 0.2) is 5.82 Å². The Balaban J connectivity index is 1.21. The number of rotatable bonds is 11. The van der Waals surface area contributed by atoms with Crippen LogP contribution in [0.2, 0.25) is 0 Å². The number of aromatic nitrogens is 3. The molecule has 3 aliphatic rings. The summed E-state index contributed by atoms with van der Waals surface area (Å²) in [7, 11) is 3.03. The number of amides is 2. The van der Waals surface area contributed by atoms with Crippen molar-refractivity contribution in [1.29, 1.82) is 0 Å². The Morgan fingerprint density at radius 2 is 1.58 bits per heavy atom. The average Bonchev–Trinajstić information content (AvgIpc) is 3.84. The number of fused-ring (bicyclic) bond motifs is 6. The van der Waals surface area contributed by atoms with E-state index < -0.39 is 93.6 Å². The molecule has 0 saturated carbocycles. The fourth-order valence-electron chi connectivity index (χ4n) is 9.90. The Morgan fingerprint density at radius 1 is 0.928 bits per heavy atom. The molecular formula is C51H52F5N7O6. The van der Waals surface area contributed by atoms with Gasteiger partial charge in [-0.05, 0) is 112 Å². The number of ether oxygens (including phenoxy) is 4. The molecule has 362 valence electrons. The number of anilines is 2. The summed E-state index contributed by atoms with van der Waals surface area (Å²) >= 11 is 0. The van der Waals surface area contributed by atoms with Crippen LogP contribution >= 0.6 is 0 Å². The van der Waals surface area contributed by atoms with Crippen LogP contribution in [0.4, 0.5) is 38.1 Å². The summed E-state index contributed by atoms with van der Waals surface area (Å²) in [6.07, 6.45) is -0.459. The Labute approximate surface area is 395 Å². The Bertz CT molecular complexity index is 2840. The first kappa shape index (κ1) is 47.0. The number of carbonyl (C=O) groups is 2. The average molecular weight is 954 g/mol. The third-order valence-corrected chi connectivity index (χ3v) is 13.0. The molecule has 69 heavy (non-hydrogen) atoms. The van der Waals surface area contributed by atoms with Gasteiger partial charge >= 0.3 is 12.3 Å². The number of piperazine rings is 1. The van der Waals surface area contributed by atoms with Gasteiger partial charge in [0, 0.05) is 50.3 Å². The molecule has 2 bridgehead atoms. The van der Waals surface area contributed by atoms with Gasteiger partial charge in [-0.25, -0.2) is 23.5 Å². The Morgan fingerprint density at radius 3 is 2.17 bits per heavy atom. The van der Waals surface area contributed by atoms with Crippen molar-refractivity contribution in [2.45, 2.75) is 103 Å². The molecule has 0 unspecified atom stereocenters. The summed E-state index contributed by atoms with van der Waals surface area (Å²) in [5, 5.41) is 3.04. The maximum atomic E-state index is 18.0. The predicted molar refractivity (Wildman–Crippen MR) is 248 cm³/mol. The number of nitrogens with one attached hydrogen (secondary N) is 1. The first-order chi connectivity index (χ1) is 32.8. The van der Waals surface area contributed by atoms with Crippen LogP contribution in [-0.2, 0) is 30.5 Å². The third kappa shape index (κ3) is 9.03. The van der Waals surface area contributed by atoms with Crippen molar-refractivity contribution in [1.82, 2.24) is 24.2 Å². The van der Waals surface area contributed by atoms with Crippen molar-refractivity contribution in [2.75, 3.05) is 31.0 Å². The molecular weight excluding hydrogens is 902 g/mol. The highest BCUT2D eigenvalue weighted by atomic mass is 19.4. The zero-order chi connectivity index (χ0) is 49.1. The van der Waals surface area contributed by atoms with E-state index in [0.717, 1.165) is 13.0 Å². The van der Waals surface area contributed by atoms with Gasteiger partial charge in [0.25, 0.3) is 5.91 Å². The van der Waals surface area contributed by atoms with Crippen LogP contribution in [-0.4, -0.2) is 86.8 Å². The third-order valence-electron chi connectivity index (χ3n) is 13.0. The Kier molecular flexibility index (Phi) is 12.3. The lowest BCUT2D eigenvalue weighted by Crippen LogP contribution is -2.65. The quantitative estimate of drug-likeness (QED) is 0.126. The van der Waals surface area contributed by atoms with E-state index in [1.165, 1.54) is 14.2 Å². The molecule has 13 nitrogen and oxygen atoms in total. The molecule has 6 heterocycles. The molecule has 0 spiro atoms. The van der Waals surface area contributed by atoms with E-state index in [9.17, 15) is 4.79 Å². The minimum Gasteiger partial charge on any atom is -0.497 e. The van der Waals surface area contributed by atoms with E-state index in [1.54, 1.807) is 126 Å². The molecule has 9 rings (SSSR count). The van der Waals surface area contributed by atoms with Gasteiger partial charge in [-0.1, -0.05) is 24.3 Å². The standard InChI is InChI=1S/C51H52F5N7O6/c1-28-41(51(54,55)56)36(22-38(42(28)52)61(24-30-9-14-34(66-6)15-10-30)25-31-11-16-35(67-7)17-12-31)44-43(53)45(58-23-32-21-39-57-19-8-20-60(39)26-32)40-47(59-44)68-29(2)46-37-18-13-33(27-62(46)48(40)64)63(37)49(65)69-50(3,4)5/h8-12,14-17,19-22,26,29,33,37,46H,13,18,23-25,27H2,1-7H3,(H,58,59)/t29-,33+,37-,46+/m0/s1. The van der Waals surface area contributed by atoms with Crippen molar-refractivity contribution < 1.29 is 50.5 Å². The molecule has 3 aromatic heterocycles. The van der Waals surface area contributed by atoms with Crippen molar-refractivity contribution >= 4 is 29.0 Å². The zero-order valence-corrected chi connectivity index (χ0v) is 39.2. The molecule has 0 radical (unpaired) electrons. The molecule has 2 amide bonds. The van der Waals surface area contributed by atoms with E-state index in [-0.39, 0.29) is 37.4 Å². The lowest BCUT2D eigenvalue weighted by atomic mass is 9.94. The van der Waals surface area contributed by atoms with E-state index >= 15 is 26.7 Å². The number of halogens is 5. The summed E-state index contributed by atoms with van der Waals surface area (Å²) in [6.45, 7) is 7.95. The van der Waals surface area contributed by atoms with Gasteiger partial charge < -0.3 is 38.5 Å². The number of pyridine rings is 1. The Hall–Kier alpha value is -7.11. The second kappa shape index (κ2) is 18.1. The molecule has 2 fully saturated rings. The van der Waals surface area contributed by atoms with E-state index in [0.29, 0.717) is 46.7 Å². The molecule has 2 saturated heterocycles. The number of nitrogens with zero attached hydrogens (tertiary/aromatic N) is 6. The first-order valence-corrected chi connectivity index (χ1v) is 22.6. The van der Waals surface area contributed by atoms with Gasteiger partial charge in [0.2, 0.25) is 5.88 Å². The summed E-state index contributed by atoms with van der Waals surface area (Å²) in [5.74, 6) is -2.43. The number of methoxy groups -OCH3 is 2. The van der Waals surface area contributed by atoms with Gasteiger partial charge in [0.1, 0.15) is 45.9 Å². The van der Waals surface area contributed by atoms with Crippen LogP contribution in [0, 0.1) is 18.6 Å². The minimum atomic E-state index is -5.21. The fraction of sp³-hybridized carbons (Fsp3) is 0.373. The largest absolute Gasteiger partial charge is 0.497 e. The fourth-order valence-corrected chi connectivity index (χ4v) is 9.90. The van der Waals surface area contributed by atoms with Crippen molar-refractivity contribution in [3.8, 4) is 28.6 Å². The van der Waals surface area contributed by atoms with Crippen molar-refractivity contribution in [3.05, 3.63) is 130 Å². The van der Waals surface area contributed by atoms with Crippen molar-refractivity contribution in [2.24, 2.45) is 0 Å². The number of benzene rings is 3. The minimum absolute atomic E-state index is 0.0137. The molecule has 1 N–H and O–H groups in total. The van der Waals surface area contributed by atoms with Crippen LogP contribution in [0.5, 0.6) is 17.4 Å². The maximum Gasteiger partial charge on any atom is 0.417 e. The molecule has 4 atom stereocenters. The normalized spacial score (nSPS) is 18.9. The first-order valence-electron chi connectivity index (χ1n) is 22.6. The van der Waals surface area contributed by atoms with Crippen LogP contribution in [0.15, 0.2) is 85.3 Å². The summed E-state index contributed by atoms with van der Waals surface area (Å²) < 4.78 is 106. The second-order valence-corrected chi connectivity index (χ2v) is 18.7. The predicted octanol–water partition coefficient (Wildman–Crippen LogP) is 10.2. The molecule has 0 aliphatic carbocycles. The zero-order valence-electron chi connectivity index (χ0n) is 39.2. The number of carbonyl (C=O) groups excluding carboxylic acids is 2. The lowest BCUT2D eigenvalue weighted by Gasteiger charge is -2.47. The highest BCUT2D eigenvalue weighted by Gasteiger charge is 2.55. The lowest BCUT2D eigenvalue weighted by molar-refractivity contribution is -0.137. The van der Waals surface area contributed by atoms with Crippen LogP contribution < -0.4 is 24.4 Å².